The molecule has 0 bridgehead atoms. The van der Waals surface area contributed by atoms with Gasteiger partial charge in [0, 0.05) is 44.2 Å². The first-order valence-corrected chi connectivity index (χ1v) is 10.3. The van der Waals surface area contributed by atoms with Crippen LogP contribution >= 0.6 is 0 Å². The van der Waals surface area contributed by atoms with Crippen LogP contribution in [0.5, 0.6) is 0 Å². The largest absolute Gasteiger partial charge is 0.379 e. The van der Waals surface area contributed by atoms with Crippen molar-refractivity contribution >= 4 is 22.2 Å². The zero-order chi connectivity index (χ0) is 19.9. The quantitative estimate of drug-likeness (QED) is 0.687. The van der Waals surface area contributed by atoms with Crippen molar-refractivity contribution in [1.82, 2.24) is 9.88 Å². The number of aromatic nitrogens is 1. The van der Waals surface area contributed by atoms with Gasteiger partial charge in [-0.1, -0.05) is 31.2 Å². The fourth-order valence-corrected chi connectivity index (χ4v) is 3.66. The topological polar surface area (TPSA) is 50.1 Å². The van der Waals surface area contributed by atoms with Gasteiger partial charge in [0.05, 0.1) is 36.4 Å². The van der Waals surface area contributed by atoms with Gasteiger partial charge in [0.25, 0.3) is 0 Å². The van der Waals surface area contributed by atoms with Crippen molar-refractivity contribution in [2.75, 3.05) is 39.9 Å². The maximum absolute atomic E-state index is 5.47. The Morgan fingerprint density at radius 3 is 2.68 bits per heavy atom. The van der Waals surface area contributed by atoms with Crippen LogP contribution in [-0.2, 0) is 11.2 Å². The third-order valence-electron chi connectivity index (χ3n) is 5.53. The molecule has 0 spiro atoms. The Balaban J connectivity index is 1.90. The lowest BCUT2D eigenvalue weighted by Crippen LogP contribution is -2.37. The molecule has 150 valence electrons. The summed E-state index contributed by atoms with van der Waals surface area (Å²) in [5.41, 5.74) is 4.17. The fourth-order valence-electron chi connectivity index (χ4n) is 3.66. The van der Waals surface area contributed by atoms with E-state index in [9.17, 15) is 0 Å². The number of hydrogen-bond acceptors (Lipinski definition) is 5. The number of morpholine rings is 1. The number of fused-ring (bicyclic) bond motifs is 1. The van der Waals surface area contributed by atoms with Gasteiger partial charge < -0.3 is 4.74 Å². The van der Waals surface area contributed by atoms with Crippen LogP contribution in [0, 0.1) is 0 Å². The van der Waals surface area contributed by atoms with Crippen molar-refractivity contribution < 1.29 is 4.74 Å². The zero-order valence-electron chi connectivity index (χ0n) is 17.6. The molecule has 5 nitrogen and oxygen atoms in total. The van der Waals surface area contributed by atoms with E-state index in [1.54, 1.807) is 0 Å². The molecule has 1 saturated heterocycles. The van der Waals surface area contributed by atoms with E-state index in [0.29, 0.717) is 0 Å². The van der Waals surface area contributed by atoms with Crippen LogP contribution in [0.25, 0.3) is 10.8 Å². The predicted octanol–water partition coefficient (Wildman–Crippen LogP) is 3.79. The molecule has 0 radical (unpaired) electrons. The van der Waals surface area contributed by atoms with Gasteiger partial charge in [-0.3, -0.25) is 19.9 Å². The number of aliphatic imine (C=N–C) groups is 2. The Morgan fingerprint density at radius 2 is 1.96 bits per heavy atom. The molecular formula is C23H32N4O. The molecule has 28 heavy (non-hydrogen) atoms. The number of benzene rings is 1. The summed E-state index contributed by atoms with van der Waals surface area (Å²) in [5, 5.41) is 2.47. The third-order valence-corrected chi connectivity index (χ3v) is 5.53. The van der Waals surface area contributed by atoms with Crippen molar-refractivity contribution in [3.8, 4) is 0 Å². The number of hydrogen-bond donors (Lipinski definition) is 0. The molecule has 1 fully saturated rings. The van der Waals surface area contributed by atoms with Crippen molar-refractivity contribution in [2.24, 2.45) is 9.98 Å². The van der Waals surface area contributed by atoms with Gasteiger partial charge in [-0.25, -0.2) is 0 Å². The second-order valence-electron chi connectivity index (χ2n) is 7.38. The van der Waals surface area contributed by atoms with Gasteiger partial charge in [-0.2, -0.15) is 0 Å². The van der Waals surface area contributed by atoms with Crippen molar-refractivity contribution in [1.29, 1.82) is 0 Å². The van der Waals surface area contributed by atoms with Gasteiger partial charge in [0.2, 0.25) is 0 Å². The molecule has 0 N–H and O–H groups in total. The summed E-state index contributed by atoms with van der Waals surface area (Å²) in [4.78, 5) is 16.7. The maximum Gasteiger partial charge on any atom is 0.0874 e. The van der Waals surface area contributed by atoms with E-state index in [4.69, 9.17) is 14.7 Å². The molecular weight excluding hydrogens is 348 g/mol. The molecule has 3 rings (SSSR count). The van der Waals surface area contributed by atoms with E-state index in [2.05, 4.69) is 54.1 Å². The third kappa shape index (κ3) is 5.03. The number of rotatable bonds is 7. The minimum atomic E-state index is 0.120. The zero-order valence-corrected chi connectivity index (χ0v) is 17.6. The monoisotopic (exact) mass is 380 g/mol. The second-order valence-corrected chi connectivity index (χ2v) is 7.38. The van der Waals surface area contributed by atoms with Gasteiger partial charge in [-0.15, -0.1) is 0 Å². The maximum atomic E-state index is 5.47. The summed E-state index contributed by atoms with van der Waals surface area (Å²) in [7, 11) is 1.83. The summed E-state index contributed by atoms with van der Waals surface area (Å²) in [5.74, 6) is 0. The molecule has 5 heteroatoms. The number of nitrogens with zero attached hydrogens (tertiary/aromatic N) is 4. The Hall–Kier alpha value is -2.11. The molecule has 1 aromatic carbocycles. The first-order valence-electron chi connectivity index (χ1n) is 10.3. The average Bonchev–Trinajstić information content (AvgIpc) is 2.75. The van der Waals surface area contributed by atoms with Gasteiger partial charge in [-0.05, 0) is 31.7 Å². The lowest BCUT2D eigenvalue weighted by Gasteiger charge is -2.26. The van der Waals surface area contributed by atoms with Crippen LogP contribution in [0.4, 0.5) is 0 Å². The van der Waals surface area contributed by atoms with Gasteiger partial charge in [0.1, 0.15) is 0 Å². The average molecular weight is 381 g/mol. The minimum absolute atomic E-state index is 0.120. The van der Waals surface area contributed by atoms with E-state index in [0.717, 1.165) is 68.5 Å². The van der Waals surface area contributed by atoms with E-state index in [1.165, 1.54) is 10.8 Å². The summed E-state index contributed by atoms with van der Waals surface area (Å²) >= 11 is 0. The number of ether oxygens (including phenoxy) is 1. The van der Waals surface area contributed by atoms with Gasteiger partial charge in [0.15, 0.2) is 0 Å². The van der Waals surface area contributed by atoms with E-state index >= 15 is 0 Å². The first kappa shape index (κ1) is 20.6. The van der Waals surface area contributed by atoms with Crippen molar-refractivity contribution in [2.45, 2.75) is 39.7 Å². The Morgan fingerprint density at radius 1 is 1.21 bits per heavy atom. The molecule has 0 amide bonds. The highest BCUT2D eigenvalue weighted by Gasteiger charge is 2.14. The molecule has 2 heterocycles. The Kier molecular flexibility index (Phi) is 7.29. The minimum Gasteiger partial charge on any atom is -0.379 e. The first-order chi connectivity index (χ1) is 13.6. The Labute approximate surface area is 168 Å². The van der Waals surface area contributed by atoms with Crippen LogP contribution < -0.4 is 0 Å². The van der Waals surface area contributed by atoms with Crippen LogP contribution in [0.1, 0.15) is 38.6 Å². The van der Waals surface area contributed by atoms with E-state index in [-0.39, 0.29) is 6.04 Å². The lowest BCUT2D eigenvalue weighted by atomic mass is 10.0. The Bertz CT molecular complexity index is 853. The standard InChI is InChI=1S/C23H32N4O/c1-5-21(17(2)24-4)25-18(3)23-16-19-8-6-7-9-20(19)22(26-23)10-11-27-12-14-28-15-13-27/h6-9,16,21H,5,10-15H2,1-4H3. The van der Waals surface area contributed by atoms with Crippen molar-refractivity contribution in [3.05, 3.63) is 41.7 Å². The SMILES string of the molecule is CCC(N=C(C)c1cc2ccccc2c(CCN2CCOCC2)n1)C(C)=NC. The summed E-state index contributed by atoms with van der Waals surface area (Å²) in [6.07, 6.45) is 1.88. The molecule has 1 unspecified atom stereocenters. The van der Waals surface area contributed by atoms with Crippen LogP contribution in [0.15, 0.2) is 40.3 Å². The highest BCUT2D eigenvalue weighted by Crippen LogP contribution is 2.20. The molecule has 1 aromatic heterocycles. The molecule has 2 aromatic rings. The smallest absolute Gasteiger partial charge is 0.0874 e. The summed E-state index contributed by atoms with van der Waals surface area (Å²) in [6.45, 7) is 10.9. The van der Waals surface area contributed by atoms with Crippen LogP contribution in [0.2, 0.25) is 0 Å². The van der Waals surface area contributed by atoms with E-state index < -0.39 is 0 Å². The number of pyridine rings is 1. The second kappa shape index (κ2) is 9.89. The molecule has 1 atom stereocenters. The van der Waals surface area contributed by atoms with Crippen molar-refractivity contribution in [3.63, 3.8) is 0 Å². The van der Waals surface area contributed by atoms with Gasteiger partial charge >= 0.3 is 0 Å². The lowest BCUT2D eigenvalue weighted by molar-refractivity contribution is 0.0384. The van der Waals surface area contributed by atoms with Crippen LogP contribution in [-0.4, -0.2) is 67.2 Å². The summed E-state index contributed by atoms with van der Waals surface area (Å²) < 4.78 is 5.47. The highest BCUT2D eigenvalue weighted by molar-refractivity contribution is 6.02. The predicted molar refractivity (Wildman–Crippen MR) is 118 cm³/mol. The normalized spacial score (nSPS) is 17.9. The molecule has 1 aliphatic rings. The summed E-state index contributed by atoms with van der Waals surface area (Å²) in [6, 6.07) is 10.8. The fraction of sp³-hybridized carbons (Fsp3) is 0.522. The van der Waals surface area contributed by atoms with E-state index in [1.807, 2.05) is 14.0 Å². The highest BCUT2D eigenvalue weighted by atomic mass is 16.5. The molecule has 1 aliphatic heterocycles. The molecule has 0 aliphatic carbocycles. The van der Waals surface area contributed by atoms with Crippen LogP contribution in [0.3, 0.4) is 0 Å². The molecule has 0 saturated carbocycles.